The molecule has 8 heteroatoms. The molecular weight excluding hydrogens is 394 g/mol. The second-order valence-corrected chi connectivity index (χ2v) is 8.80. The zero-order valence-electron chi connectivity index (χ0n) is 15.9. The van der Waals surface area contributed by atoms with Crippen LogP contribution in [0.1, 0.15) is 12.5 Å². The molecule has 1 heterocycles. The van der Waals surface area contributed by atoms with Gasteiger partial charge in [-0.05, 0) is 49.0 Å². The van der Waals surface area contributed by atoms with E-state index < -0.39 is 10.0 Å². The Morgan fingerprint density at radius 2 is 1.75 bits per heavy atom. The number of rotatable bonds is 6. The van der Waals surface area contributed by atoms with E-state index in [2.05, 4.69) is 29.3 Å². The molecule has 1 aliphatic rings. The third kappa shape index (κ3) is 5.08. The minimum absolute atomic E-state index is 0.280. The maximum atomic E-state index is 12.7. The van der Waals surface area contributed by atoms with Crippen LogP contribution in [0.3, 0.4) is 0 Å². The van der Waals surface area contributed by atoms with E-state index in [4.69, 9.17) is 17.0 Å². The molecule has 0 saturated carbocycles. The molecule has 1 fully saturated rings. The lowest BCUT2D eigenvalue weighted by Gasteiger charge is -2.26. The summed E-state index contributed by atoms with van der Waals surface area (Å²) in [5, 5.41) is 3.81. The quantitative estimate of drug-likeness (QED) is 0.727. The highest BCUT2D eigenvalue weighted by Crippen LogP contribution is 2.20. The van der Waals surface area contributed by atoms with Gasteiger partial charge in [-0.25, -0.2) is 8.42 Å². The molecule has 0 amide bonds. The van der Waals surface area contributed by atoms with Crippen molar-refractivity contribution in [1.82, 2.24) is 9.21 Å². The Bertz CT molecular complexity index is 881. The van der Waals surface area contributed by atoms with Crippen molar-refractivity contribution in [3.8, 4) is 0 Å². The van der Waals surface area contributed by atoms with Gasteiger partial charge in [-0.3, -0.25) is 0 Å². The maximum Gasteiger partial charge on any atom is 0.243 e. The Morgan fingerprint density at radius 3 is 2.36 bits per heavy atom. The van der Waals surface area contributed by atoms with Crippen molar-refractivity contribution in [2.24, 2.45) is 0 Å². The van der Waals surface area contributed by atoms with Crippen LogP contribution in [0.2, 0.25) is 0 Å². The Morgan fingerprint density at radius 1 is 1.11 bits per heavy atom. The molecule has 0 spiro atoms. The van der Waals surface area contributed by atoms with Gasteiger partial charge in [-0.1, -0.05) is 30.3 Å². The Kier molecular flexibility index (Phi) is 7.01. The molecule has 6 nitrogen and oxygen atoms in total. The maximum absolute atomic E-state index is 12.7. The number of ether oxygens (including phenoxy) is 1. The van der Waals surface area contributed by atoms with Crippen LogP contribution in [0.5, 0.6) is 0 Å². The third-order valence-corrected chi connectivity index (χ3v) is 6.87. The van der Waals surface area contributed by atoms with Crippen molar-refractivity contribution in [3.05, 3.63) is 60.2 Å². The molecule has 2 aromatic carbocycles. The summed E-state index contributed by atoms with van der Waals surface area (Å²) in [6.07, 6.45) is 0. The first kappa shape index (κ1) is 20.7. The molecule has 150 valence electrons. The number of morpholine rings is 1. The molecule has 0 aromatic heterocycles. The predicted molar refractivity (Wildman–Crippen MR) is 115 cm³/mol. The van der Waals surface area contributed by atoms with Crippen LogP contribution >= 0.6 is 12.2 Å². The lowest BCUT2D eigenvalue weighted by atomic mass is 10.2. The molecule has 1 saturated heterocycles. The summed E-state index contributed by atoms with van der Waals surface area (Å²) in [5.41, 5.74) is 1.94. The van der Waals surface area contributed by atoms with Crippen LogP contribution in [0, 0.1) is 0 Å². The first-order chi connectivity index (χ1) is 13.5. The number of sulfonamides is 1. The lowest BCUT2D eigenvalue weighted by molar-refractivity contribution is 0.0730. The van der Waals surface area contributed by atoms with Gasteiger partial charge in [-0.2, -0.15) is 4.31 Å². The van der Waals surface area contributed by atoms with Crippen LogP contribution < -0.4 is 5.32 Å². The largest absolute Gasteiger partial charge is 0.379 e. The zero-order valence-corrected chi connectivity index (χ0v) is 17.5. The first-order valence-electron chi connectivity index (χ1n) is 9.28. The van der Waals surface area contributed by atoms with E-state index in [0.717, 1.165) is 12.2 Å². The van der Waals surface area contributed by atoms with Crippen LogP contribution in [-0.4, -0.2) is 55.6 Å². The Labute approximate surface area is 172 Å². The van der Waals surface area contributed by atoms with Crippen molar-refractivity contribution in [2.75, 3.05) is 38.2 Å². The highest BCUT2D eigenvalue weighted by Gasteiger charge is 2.26. The topological polar surface area (TPSA) is 61.9 Å². The fourth-order valence-corrected chi connectivity index (χ4v) is 4.70. The summed E-state index contributed by atoms with van der Waals surface area (Å²) >= 11 is 5.54. The molecule has 0 aliphatic carbocycles. The predicted octanol–water partition coefficient (Wildman–Crippen LogP) is 2.93. The fourth-order valence-electron chi connectivity index (χ4n) is 2.98. The molecule has 0 radical (unpaired) electrons. The number of benzene rings is 2. The van der Waals surface area contributed by atoms with Gasteiger partial charge in [0.2, 0.25) is 10.0 Å². The normalized spacial score (nSPS) is 15.2. The van der Waals surface area contributed by atoms with Gasteiger partial charge in [0.05, 0.1) is 18.1 Å². The summed E-state index contributed by atoms with van der Waals surface area (Å²) in [6.45, 7) is 5.17. The van der Waals surface area contributed by atoms with Gasteiger partial charge in [0, 0.05) is 31.9 Å². The molecule has 0 atom stereocenters. The minimum Gasteiger partial charge on any atom is -0.379 e. The number of nitrogens with zero attached hydrogens (tertiary/aromatic N) is 2. The number of anilines is 1. The van der Waals surface area contributed by atoms with Crippen molar-refractivity contribution in [3.63, 3.8) is 0 Å². The zero-order chi connectivity index (χ0) is 20.0. The summed E-state index contributed by atoms with van der Waals surface area (Å²) in [5.74, 6) is 0. The Hall–Kier alpha value is -2.00. The van der Waals surface area contributed by atoms with Crippen LogP contribution in [-0.2, 0) is 21.3 Å². The van der Waals surface area contributed by atoms with Crippen molar-refractivity contribution < 1.29 is 13.2 Å². The highest BCUT2D eigenvalue weighted by atomic mass is 32.2. The number of hydrogen-bond acceptors (Lipinski definition) is 4. The van der Waals surface area contributed by atoms with Gasteiger partial charge >= 0.3 is 0 Å². The molecular formula is C20H25N3O3S2. The number of nitrogens with one attached hydrogen (secondary N) is 1. The van der Waals surface area contributed by atoms with Gasteiger partial charge < -0.3 is 15.0 Å². The fraction of sp³-hybridized carbons (Fsp3) is 0.350. The van der Waals surface area contributed by atoms with Gasteiger partial charge in [0.15, 0.2) is 5.11 Å². The summed E-state index contributed by atoms with van der Waals surface area (Å²) in [4.78, 5) is 2.34. The number of hydrogen-bond donors (Lipinski definition) is 1. The molecule has 2 aromatic rings. The van der Waals surface area contributed by atoms with E-state index in [9.17, 15) is 8.42 Å². The Balaban J connectivity index is 1.65. The highest BCUT2D eigenvalue weighted by molar-refractivity contribution is 7.89. The van der Waals surface area contributed by atoms with E-state index in [1.807, 2.05) is 18.2 Å². The smallest absolute Gasteiger partial charge is 0.243 e. The van der Waals surface area contributed by atoms with Crippen molar-refractivity contribution in [2.45, 2.75) is 18.4 Å². The van der Waals surface area contributed by atoms with E-state index in [-0.39, 0.29) is 4.90 Å². The molecule has 3 rings (SSSR count). The summed E-state index contributed by atoms with van der Waals surface area (Å²) < 4.78 is 32.1. The minimum atomic E-state index is -3.49. The monoisotopic (exact) mass is 419 g/mol. The second-order valence-electron chi connectivity index (χ2n) is 6.47. The van der Waals surface area contributed by atoms with Crippen LogP contribution in [0.4, 0.5) is 5.69 Å². The SMILES string of the molecule is CCN(Cc1ccccc1)C(=S)Nc1ccc(S(=O)(=O)N2CCOCC2)cc1. The van der Waals surface area contributed by atoms with Crippen molar-refractivity contribution in [1.29, 1.82) is 0 Å². The molecule has 0 unspecified atom stereocenters. The van der Waals surface area contributed by atoms with E-state index in [1.54, 1.807) is 24.3 Å². The molecule has 1 aliphatic heterocycles. The van der Waals surface area contributed by atoms with Crippen molar-refractivity contribution >= 4 is 33.0 Å². The first-order valence-corrected chi connectivity index (χ1v) is 11.1. The lowest BCUT2D eigenvalue weighted by Crippen LogP contribution is -2.40. The standard InChI is InChI=1S/C20H25N3O3S2/c1-2-22(16-17-6-4-3-5-7-17)20(27)21-18-8-10-19(11-9-18)28(24,25)23-12-14-26-15-13-23/h3-11H,2,12-16H2,1H3,(H,21,27). The molecule has 0 bridgehead atoms. The molecule has 1 N–H and O–H groups in total. The average molecular weight is 420 g/mol. The average Bonchev–Trinajstić information content (AvgIpc) is 2.73. The van der Waals surface area contributed by atoms with E-state index >= 15 is 0 Å². The van der Waals surface area contributed by atoms with E-state index in [0.29, 0.717) is 38.0 Å². The summed E-state index contributed by atoms with van der Waals surface area (Å²) in [7, 11) is -3.49. The third-order valence-electron chi connectivity index (χ3n) is 4.60. The van der Waals surface area contributed by atoms with Gasteiger partial charge in [0.25, 0.3) is 0 Å². The van der Waals surface area contributed by atoms with E-state index in [1.165, 1.54) is 9.87 Å². The molecule has 28 heavy (non-hydrogen) atoms. The van der Waals surface area contributed by atoms with Crippen LogP contribution in [0.25, 0.3) is 0 Å². The second kappa shape index (κ2) is 9.47. The van der Waals surface area contributed by atoms with Crippen LogP contribution in [0.15, 0.2) is 59.5 Å². The number of thiocarbonyl (C=S) groups is 1. The summed E-state index contributed by atoms with van der Waals surface area (Å²) in [6, 6.07) is 16.9. The van der Waals surface area contributed by atoms with Gasteiger partial charge in [-0.15, -0.1) is 0 Å². The van der Waals surface area contributed by atoms with Gasteiger partial charge in [0.1, 0.15) is 0 Å².